The molecule has 2 aromatic carbocycles. The second kappa shape index (κ2) is 11.0. The molecule has 154 valence electrons. The number of carbonyl (C=O) groups is 1. The normalized spacial score (nSPS) is 9.83. The molecule has 8 heteroatoms. The van der Waals surface area contributed by atoms with E-state index in [-0.39, 0.29) is 0 Å². The fourth-order valence-electron chi connectivity index (χ4n) is 2.72. The van der Waals surface area contributed by atoms with Gasteiger partial charge in [-0.3, -0.25) is 10.2 Å². The average molecular weight is 415 g/mol. The molecule has 4 N–H and O–H groups in total. The molecule has 0 saturated carbocycles. The van der Waals surface area contributed by atoms with Gasteiger partial charge in [-0.05, 0) is 49.7 Å². The summed E-state index contributed by atoms with van der Waals surface area (Å²) < 4.78 is 11.5. The van der Waals surface area contributed by atoms with E-state index in [0.717, 1.165) is 44.6 Å². The molecule has 0 unspecified atom stereocenters. The van der Waals surface area contributed by atoms with E-state index in [1.54, 1.807) is 23.9 Å². The fourth-order valence-corrected chi connectivity index (χ4v) is 3.52. The van der Waals surface area contributed by atoms with Crippen molar-refractivity contribution in [2.45, 2.75) is 20.5 Å². The molecule has 0 atom stereocenters. The number of nitrogens with one attached hydrogen (secondary N) is 2. The number of ether oxygens (including phenoxy) is 2. The van der Waals surface area contributed by atoms with Crippen LogP contribution in [0.1, 0.15) is 16.8 Å². The summed E-state index contributed by atoms with van der Waals surface area (Å²) in [7, 11) is 3.57. The molecule has 29 heavy (non-hydrogen) atoms. The Balaban J connectivity index is 0.000000687. The Morgan fingerprint density at radius 1 is 1.21 bits per heavy atom. The Morgan fingerprint density at radius 3 is 2.52 bits per heavy atom. The summed E-state index contributed by atoms with van der Waals surface area (Å²) in [5, 5.41) is 6.29. The first-order chi connectivity index (χ1) is 14.0. The summed E-state index contributed by atoms with van der Waals surface area (Å²) in [6, 6.07) is 12.1. The van der Waals surface area contributed by atoms with Crippen LogP contribution in [0.4, 0.5) is 5.69 Å². The third-order valence-corrected chi connectivity index (χ3v) is 5.11. The minimum atomic E-state index is 0.403. The highest BCUT2D eigenvalue weighted by Gasteiger charge is 2.11. The van der Waals surface area contributed by atoms with Gasteiger partial charge >= 0.3 is 0 Å². The molecule has 3 aromatic rings. The van der Waals surface area contributed by atoms with Crippen molar-refractivity contribution in [3.63, 3.8) is 0 Å². The number of aryl methyl sites for hydroxylation is 2. The molecule has 0 radical (unpaired) electrons. The summed E-state index contributed by atoms with van der Waals surface area (Å²) in [6.07, 6.45) is 0.403. The zero-order valence-corrected chi connectivity index (χ0v) is 17.8. The molecule has 0 bridgehead atoms. The first kappa shape index (κ1) is 22.2. The quantitative estimate of drug-likeness (QED) is 0.236. The van der Waals surface area contributed by atoms with Crippen LogP contribution in [0.15, 0.2) is 41.8 Å². The van der Waals surface area contributed by atoms with Crippen molar-refractivity contribution >= 4 is 23.4 Å². The molecule has 7 nitrogen and oxygen atoms in total. The van der Waals surface area contributed by atoms with Gasteiger partial charge in [0.15, 0.2) is 0 Å². The van der Waals surface area contributed by atoms with E-state index in [1.165, 1.54) is 0 Å². The van der Waals surface area contributed by atoms with Gasteiger partial charge in [0.05, 0.1) is 12.7 Å². The zero-order chi connectivity index (χ0) is 21.2. The first-order valence-corrected chi connectivity index (χ1v) is 9.81. The van der Waals surface area contributed by atoms with Gasteiger partial charge in [-0.1, -0.05) is 6.07 Å². The van der Waals surface area contributed by atoms with Crippen molar-refractivity contribution in [2.24, 2.45) is 5.84 Å². The van der Waals surface area contributed by atoms with Crippen molar-refractivity contribution in [1.29, 1.82) is 0 Å². The Labute approximate surface area is 174 Å². The smallest absolute Gasteiger partial charge is 0.221 e. The Hall–Kier alpha value is -3.10. The molecule has 0 aliphatic rings. The predicted octanol–water partition coefficient (Wildman–Crippen LogP) is 3.66. The van der Waals surface area contributed by atoms with Crippen molar-refractivity contribution in [3.05, 3.63) is 58.6 Å². The Bertz CT molecular complexity index is 921. The summed E-state index contributed by atoms with van der Waals surface area (Å²) in [5.41, 5.74) is 7.02. The molecule has 0 fully saturated rings. The highest BCUT2D eigenvalue weighted by atomic mass is 32.1. The van der Waals surface area contributed by atoms with E-state index in [0.29, 0.717) is 13.0 Å². The number of hydrogen-bond donors (Lipinski definition) is 3. The Kier molecular flexibility index (Phi) is 8.45. The molecule has 1 heterocycles. The number of nitrogens with two attached hydrogens (primary N) is 1. The summed E-state index contributed by atoms with van der Waals surface area (Å²) >= 11 is 1.66. The van der Waals surface area contributed by atoms with E-state index in [9.17, 15) is 0 Å². The van der Waals surface area contributed by atoms with E-state index >= 15 is 0 Å². The van der Waals surface area contributed by atoms with Gasteiger partial charge in [0.25, 0.3) is 0 Å². The lowest BCUT2D eigenvalue weighted by Crippen LogP contribution is -2.18. The summed E-state index contributed by atoms with van der Waals surface area (Å²) in [4.78, 5) is 13.5. The lowest BCUT2D eigenvalue weighted by molar-refractivity contribution is -0.109. The van der Waals surface area contributed by atoms with E-state index in [1.807, 2.05) is 38.2 Å². The van der Waals surface area contributed by atoms with Crippen molar-refractivity contribution in [1.82, 2.24) is 10.4 Å². The van der Waals surface area contributed by atoms with Gasteiger partial charge in [0, 0.05) is 29.4 Å². The van der Waals surface area contributed by atoms with Crippen molar-refractivity contribution in [2.75, 3.05) is 19.5 Å². The van der Waals surface area contributed by atoms with Gasteiger partial charge in [-0.2, -0.15) is 0 Å². The van der Waals surface area contributed by atoms with Gasteiger partial charge < -0.3 is 14.8 Å². The van der Waals surface area contributed by atoms with Crippen LogP contribution in [-0.2, 0) is 11.4 Å². The van der Waals surface area contributed by atoms with Crippen LogP contribution in [0.5, 0.6) is 11.5 Å². The first-order valence-electron chi connectivity index (χ1n) is 8.93. The number of hydrazine groups is 1. The van der Waals surface area contributed by atoms with Crippen LogP contribution in [-0.4, -0.2) is 25.6 Å². The Morgan fingerprint density at radius 2 is 1.97 bits per heavy atom. The highest BCUT2D eigenvalue weighted by molar-refractivity contribution is 7.13. The number of rotatable bonds is 7. The standard InChI is InChI=1S/C20H22N2O2S.CH4N2O/c1-13-10-15(20-22-14(2)12-25-20)8-9-18(13)24-11-16-17(21-3)6-5-7-19(16)23-4;2-3-1-4/h5-10,12,21H,11H2,1-4H3;1H,2H2,(H,3,4). The maximum atomic E-state index is 8.94. The molecule has 1 aromatic heterocycles. The van der Waals surface area contributed by atoms with Gasteiger partial charge in [-0.25, -0.2) is 10.8 Å². The molecule has 0 saturated heterocycles. The third kappa shape index (κ3) is 5.94. The van der Waals surface area contributed by atoms with Crippen LogP contribution < -0.4 is 26.1 Å². The lowest BCUT2D eigenvalue weighted by Gasteiger charge is -2.15. The van der Waals surface area contributed by atoms with Crippen LogP contribution in [0.2, 0.25) is 0 Å². The number of carbonyl (C=O) groups excluding carboxylic acids is 1. The predicted molar refractivity (Wildman–Crippen MR) is 117 cm³/mol. The number of thiazole rings is 1. The van der Waals surface area contributed by atoms with Crippen molar-refractivity contribution in [3.8, 4) is 22.1 Å². The maximum Gasteiger partial charge on any atom is 0.221 e. The van der Waals surface area contributed by atoms with Crippen LogP contribution >= 0.6 is 11.3 Å². The number of benzene rings is 2. The van der Waals surface area contributed by atoms with Gasteiger partial charge in [-0.15, -0.1) is 11.3 Å². The van der Waals surface area contributed by atoms with Crippen LogP contribution in [0.3, 0.4) is 0 Å². The highest BCUT2D eigenvalue weighted by Crippen LogP contribution is 2.31. The maximum absolute atomic E-state index is 8.94. The largest absolute Gasteiger partial charge is 0.496 e. The van der Waals surface area contributed by atoms with Gasteiger partial charge in [0.1, 0.15) is 23.1 Å². The summed E-state index contributed by atoms with van der Waals surface area (Å²) in [6.45, 7) is 4.51. The third-order valence-electron chi connectivity index (χ3n) is 4.10. The number of nitrogens with zero attached hydrogens (tertiary/aromatic N) is 1. The van der Waals surface area contributed by atoms with E-state index in [4.69, 9.17) is 14.3 Å². The topological polar surface area (TPSA) is 98.5 Å². The zero-order valence-electron chi connectivity index (χ0n) is 17.0. The monoisotopic (exact) mass is 414 g/mol. The van der Waals surface area contributed by atoms with Gasteiger partial charge in [0.2, 0.25) is 6.41 Å². The van der Waals surface area contributed by atoms with Crippen LogP contribution in [0, 0.1) is 13.8 Å². The number of hydrogen-bond acceptors (Lipinski definition) is 7. The number of aromatic nitrogens is 1. The van der Waals surface area contributed by atoms with E-state index < -0.39 is 0 Å². The average Bonchev–Trinajstić information content (AvgIpc) is 3.19. The number of amides is 1. The number of anilines is 1. The SMILES string of the molecule is CNc1cccc(OC)c1COc1ccc(-c2nc(C)cs2)cc1C.NNC=O. The van der Waals surface area contributed by atoms with Crippen molar-refractivity contribution < 1.29 is 14.3 Å². The minimum absolute atomic E-state index is 0.403. The lowest BCUT2D eigenvalue weighted by atomic mass is 10.1. The molecule has 0 spiro atoms. The molecule has 0 aliphatic carbocycles. The summed E-state index contributed by atoms with van der Waals surface area (Å²) in [5.74, 6) is 6.09. The molecular formula is C21H26N4O3S. The second-order valence-corrected chi connectivity index (χ2v) is 6.94. The molecule has 0 aliphatic heterocycles. The van der Waals surface area contributed by atoms with E-state index in [2.05, 4.69) is 40.6 Å². The minimum Gasteiger partial charge on any atom is -0.496 e. The second-order valence-electron chi connectivity index (χ2n) is 6.08. The molecular weight excluding hydrogens is 388 g/mol. The molecule has 3 rings (SSSR count). The number of methoxy groups -OCH3 is 1. The van der Waals surface area contributed by atoms with Crippen LogP contribution in [0.25, 0.3) is 10.6 Å². The fraction of sp³-hybridized carbons (Fsp3) is 0.238. The molecule has 1 amide bonds.